The first-order valence-corrected chi connectivity index (χ1v) is 14.2. The van der Waals surface area contributed by atoms with Crippen molar-refractivity contribution in [3.63, 3.8) is 0 Å². The van der Waals surface area contributed by atoms with E-state index in [2.05, 4.69) is 38.7 Å². The van der Waals surface area contributed by atoms with E-state index in [4.69, 9.17) is 15.3 Å². The number of aliphatic carboxylic acids is 1. The fourth-order valence-corrected chi connectivity index (χ4v) is 2.86. The molecule has 53 heavy (non-hydrogen) atoms. The predicted molar refractivity (Wildman–Crippen MR) is 166 cm³/mol. The van der Waals surface area contributed by atoms with E-state index < -0.39 is 24.2 Å². The Kier molecular flexibility index (Phi) is 136. The largest absolute Gasteiger partial charge is 0.540 e. The van der Waals surface area contributed by atoms with E-state index in [1.54, 1.807) is 19.5 Å². The van der Waals surface area contributed by atoms with Crippen LogP contribution in [0.5, 0.6) is 0 Å². The molecule has 0 fully saturated rings. The van der Waals surface area contributed by atoms with E-state index in [1.807, 2.05) is 61.7 Å². The van der Waals surface area contributed by atoms with Crippen LogP contribution in [0.15, 0.2) is 6.58 Å². The quantitative estimate of drug-likeness (QED) is 0.0698. The molecule has 0 amide bonds. The molecule has 13 nitrogen and oxygen atoms in total. The Bertz CT molecular complexity index is 769. The van der Waals surface area contributed by atoms with Gasteiger partial charge in [-0.3, -0.25) is 16.2 Å². The molecule has 5 atom stereocenters. The van der Waals surface area contributed by atoms with Crippen LogP contribution >= 0.6 is 0 Å². The second-order valence-electron chi connectivity index (χ2n) is 10.6. The van der Waals surface area contributed by atoms with Gasteiger partial charge in [-0.05, 0) is 31.1 Å². The number of hydrogen-bond acceptors (Lipinski definition) is 12. The van der Waals surface area contributed by atoms with Crippen LogP contribution in [0.3, 0.4) is 0 Å². The standard InChI is InChI=1S/C9H16NO3.C7H12NO3.C7H14NO2.C7H14NO.10Y/c1-7(2)10-8(6-11)4-5-9(12)13-3;1-5(2)8-6(4-9)3-7(10)11;1-5(2)8-7(4-9)6(3)10;1-4-7(5-9)8-6(2)3;;;;;;;;;;/h7-8,10H,4-5H2,1-3H3;5-6,8H,3H2,1-2H3,(H,10,11);5-8,10H,1-3H3;6-9H,1,5H2,2-3H3;;;;;;;;;;/q4*-1;;;;;;;;;;/t8-;6-;6-,7-;7-;;;;;;;;;;/m0011........../s1. The Labute approximate surface area is 572 Å². The molecule has 0 spiro atoms. The zero-order chi connectivity index (χ0) is 34.5. The third kappa shape index (κ3) is 84.5. The molecular weight excluding hydrogens is 1450 g/mol. The number of esters is 1. The van der Waals surface area contributed by atoms with Gasteiger partial charge in [-0.1, -0.05) is 79.9 Å². The van der Waals surface area contributed by atoms with Crippen molar-refractivity contribution in [2.45, 2.75) is 136 Å². The maximum Gasteiger partial charge on any atom is 0.305 e. The van der Waals surface area contributed by atoms with Crippen LogP contribution in [-0.4, -0.2) is 114 Å². The van der Waals surface area contributed by atoms with Gasteiger partial charge in [0.1, 0.15) is 0 Å². The summed E-state index contributed by atoms with van der Waals surface area (Å²) in [6, 6.07) is -0.820. The maximum atomic E-state index is 10.7. The monoisotopic (exact) mass is 1510 g/mol. The van der Waals surface area contributed by atoms with Crippen molar-refractivity contribution in [1.82, 2.24) is 21.3 Å². The number of carbonyl (C=O) groups excluding carboxylic acids is 4. The number of ether oxygens (including phenoxy) is 1. The first-order valence-electron chi connectivity index (χ1n) is 14.2. The summed E-state index contributed by atoms with van der Waals surface area (Å²) in [5, 5.41) is 37.5. The summed E-state index contributed by atoms with van der Waals surface area (Å²) in [7, 11) is 1.33. The van der Waals surface area contributed by atoms with Crippen LogP contribution in [0, 0.1) is 6.08 Å². The summed E-state index contributed by atoms with van der Waals surface area (Å²) < 4.78 is 4.45. The zero-order valence-corrected chi connectivity index (χ0v) is 61.7. The van der Waals surface area contributed by atoms with Gasteiger partial charge < -0.3 is 61.8 Å². The van der Waals surface area contributed by atoms with Crippen molar-refractivity contribution in [2.24, 2.45) is 0 Å². The molecule has 0 unspecified atom stereocenters. The number of nitrogens with one attached hydrogen (secondary N) is 4. The molecule has 284 valence electrons. The molecule has 0 bridgehead atoms. The van der Waals surface area contributed by atoms with Gasteiger partial charge in [-0.2, -0.15) is 0 Å². The fraction of sp³-hybridized carbons (Fsp3) is 0.767. The molecule has 0 aromatic carbocycles. The maximum absolute atomic E-state index is 10.7. The number of carbonyl (C=O) groups is 2. The number of carboxylic acid groups (broad SMARTS) is 1. The number of rotatable bonds is 19. The first-order chi connectivity index (χ1) is 19.9. The molecule has 0 aliphatic rings. The second kappa shape index (κ2) is 72.1. The number of aliphatic hydroxyl groups excluding tert-OH is 2. The molecule has 0 aromatic heterocycles. The van der Waals surface area contributed by atoms with E-state index in [0.717, 1.165) is 0 Å². The van der Waals surface area contributed by atoms with E-state index in [9.17, 15) is 24.0 Å². The van der Waals surface area contributed by atoms with E-state index in [0.29, 0.717) is 12.5 Å². The molecule has 0 rings (SSSR count). The van der Waals surface area contributed by atoms with Gasteiger partial charge in [0.05, 0.1) is 7.11 Å². The molecule has 0 heterocycles. The molecule has 0 aliphatic heterocycles. The normalized spacial score (nSPS) is 11.3. The Morgan fingerprint density at radius 2 is 0.962 bits per heavy atom. The van der Waals surface area contributed by atoms with Crippen molar-refractivity contribution in [3.05, 3.63) is 12.7 Å². The van der Waals surface area contributed by atoms with Crippen LogP contribution in [0.4, 0.5) is 0 Å². The minimum atomic E-state index is -0.994. The van der Waals surface area contributed by atoms with Crippen LogP contribution in [0.25, 0.3) is 0 Å². The summed E-state index contributed by atoms with van der Waals surface area (Å²) in [5.74, 6) is -1.29. The average Bonchev–Trinajstić information content (AvgIpc) is 2.91. The summed E-state index contributed by atoms with van der Waals surface area (Å²) in [4.78, 5) is 51.5. The van der Waals surface area contributed by atoms with Crippen molar-refractivity contribution in [3.8, 4) is 0 Å². The van der Waals surface area contributed by atoms with Crippen LogP contribution in [-0.2, 0) is 356 Å². The second-order valence-corrected chi connectivity index (χ2v) is 10.6. The molecule has 0 aliphatic carbocycles. The first kappa shape index (κ1) is 99.8. The minimum absolute atomic E-state index is 0. The van der Waals surface area contributed by atoms with Gasteiger partial charge >= 0.3 is 11.9 Å². The van der Waals surface area contributed by atoms with Crippen LogP contribution in [0.2, 0.25) is 0 Å². The number of hydrogen-bond donors (Lipinski definition) is 7. The van der Waals surface area contributed by atoms with Gasteiger partial charge in [0.25, 0.3) is 0 Å². The topological polar surface area (TPSA) is 203 Å². The molecule has 23 heteroatoms. The van der Waals surface area contributed by atoms with E-state index in [1.165, 1.54) is 7.11 Å². The summed E-state index contributed by atoms with van der Waals surface area (Å²) in [5.41, 5.74) is 0. The van der Waals surface area contributed by atoms with Gasteiger partial charge in [-0.25, -0.2) is 18.9 Å². The minimum Gasteiger partial charge on any atom is -0.540 e. The Morgan fingerprint density at radius 1 is 0.623 bits per heavy atom. The van der Waals surface area contributed by atoms with E-state index in [-0.39, 0.29) is 383 Å². The Balaban J connectivity index is -0.0000000302. The summed E-state index contributed by atoms with van der Waals surface area (Å²) in [6.07, 6.45) is 7.67. The SMILES string of the molecule is C=[C-][C@H](CO)NC(C)C.CC(C)N[C@H]([C-]=O)CC(=O)O.CC(C)N[C@H]([C-]=O)[C@@H](C)O.COC(=O)CC[C@@H]([C-]=O)NC(C)C.[Y].[Y].[Y].[Y].[Y].[Y].[Y].[Y].[Y].[Y]. The smallest absolute Gasteiger partial charge is 0.305 e. The molecule has 7 N–H and O–H groups in total. The van der Waals surface area contributed by atoms with Crippen molar-refractivity contribution in [2.75, 3.05) is 13.7 Å². The zero-order valence-electron chi connectivity index (χ0n) is 33.3. The Morgan fingerprint density at radius 3 is 1.15 bits per heavy atom. The molecular formula is C30H56N4O9Y10-4. The Hall–Kier alpha value is 8.49. The average molecular weight is 1510 g/mol. The molecule has 0 aromatic rings. The van der Waals surface area contributed by atoms with E-state index >= 15 is 0 Å². The summed E-state index contributed by atoms with van der Waals surface area (Å²) >= 11 is 0. The van der Waals surface area contributed by atoms with Crippen molar-refractivity contribution < 1.29 is 371 Å². The third-order valence-corrected chi connectivity index (χ3v) is 4.68. The van der Waals surface area contributed by atoms with Gasteiger partial charge in [0.15, 0.2) is 0 Å². The van der Waals surface area contributed by atoms with Gasteiger partial charge in [0, 0.05) is 353 Å². The number of methoxy groups -OCH3 is 1. The predicted octanol–water partition coefficient (Wildman–Crippen LogP) is 0.506. The molecule has 0 saturated carbocycles. The number of carboxylic acids is 1. The van der Waals surface area contributed by atoms with Gasteiger partial charge in [0.2, 0.25) is 0 Å². The van der Waals surface area contributed by atoms with Crippen LogP contribution < -0.4 is 21.3 Å². The van der Waals surface area contributed by atoms with Crippen molar-refractivity contribution in [1.29, 1.82) is 0 Å². The van der Waals surface area contributed by atoms with Gasteiger partial charge in [-0.15, -0.1) is 6.04 Å². The fourth-order valence-electron chi connectivity index (χ4n) is 2.86. The van der Waals surface area contributed by atoms with Crippen LogP contribution in [0.1, 0.15) is 81.6 Å². The third-order valence-electron chi connectivity index (χ3n) is 4.68. The molecule has 10 radical (unpaired) electrons. The summed E-state index contributed by atoms with van der Waals surface area (Å²) in [6.45, 7) is 20.5. The van der Waals surface area contributed by atoms with Crippen molar-refractivity contribution >= 4 is 30.8 Å². The molecule has 0 saturated heterocycles. The number of aliphatic hydroxyl groups is 2.